The minimum atomic E-state index is -0.435. The summed E-state index contributed by atoms with van der Waals surface area (Å²) in [6.07, 6.45) is -0.856. The maximum absolute atomic E-state index is 6.88. The monoisotopic (exact) mass is 771 g/mol. The van der Waals surface area contributed by atoms with Gasteiger partial charge in [-0.05, 0) is 99.6 Å². The van der Waals surface area contributed by atoms with Gasteiger partial charge >= 0.3 is 0 Å². The second-order valence-electron chi connectivity index (χ2n) is 15.2. The second kappa shape index (κ2) is 15.2. The number of anilines is 3. The van der Waals surface area contributed by atoms with Gasteiger partial charge in [0.05, 0.1) is 0 Å². The molecule has 0 spiro atoms. The van der Waals surface area contributed by atoms with E-state index < -0.39 is 12.3 Å². The van der Waals surface area contributed by atoms with Crippen LogP contribution < -0.4 is 10.2 Å². The number of hydrogen-bond acceptors (Lipinski definition) is 4. The molecule has 286 valence electrons. The van der Waals surface area contributed by atoms with E-state index in [2.05, 4.69) is 216 Å². The molecular weight excluding hydrogens is 733 g/mol. The molecule has 11 rings (SSSR count). The lowest BCUT2D eigenvalue weighted by molar-refractivity contribution is 0.633. The summed E-state index contributed by atoms with van der Waals surface area (Å²) in [5.74, 6) is 0.797. The first-order valence-electron chi connectivity index (χ1n) is 20.4. The molecule has 0 amide bonds. The van der Waals surface area contributed by atoms with E-state index in [0.29, 0.717) is 0 Å². The van der Waals surface area contributed by atoms with Crippen molar-refractivity contribution < 1.29 is 4.42 Å². The summed E-state index contributed by atoms with van der Waals surface area (Å²) in [6.45, 7) is 0. The zero-order chi connectivity index (χ0) is 39.8. The van der Waals surface area contributed by atoms with Crippen LogP contribution in [-0.4, -0.2) is 5.84 Å². The maximum Gasteiger partial charge on any atom is 0.143 e. The molecule has 5 heteroatoms. The molecule has 1 aliphatic rings. The van der Waals surface area contributed by atoms with Gasteiger partial charge in [-0.25, -0.2) is 0 Å². The van der Waals surface area contributed by atoms with Crippen molar-refractivity contribution >= 4 is 55.6 Å². The Hall–Kier alpha value is -7.73. The van der Waals surface area contributed by atoms with E-state index in [1.54, 1.807) is 0 Å². The van der Waals surface area contributed by atoms with E-state index >= 15 is 0 Å². The lowest BCUT2D eigenvalue weighted by atomic mass is 9.96. The van der Waals surface area contributed by atoms with E-state index in [0.717, 1.165) is 83.4 Å². The Kier molecular flexibility index (Phi) is 8.99. The molecule has 60 heavy (non-hydrogen) atoms. The van der Waals surface area contributed by atoms with Crippen LogP contribution in [0.5, 0.6) is 0 Å². The van der Waals surface area contributed by atoms with E-state index in [9.17, 15) is 0 Å². The van der Waals surface area contributed by atoms with Crippen LogP contribution in [0.15, 0.2) is 228 Å². The summed E-state index contributed by atoms with van der Waals surface area (Å²) in [6, 6.07) is 76.6. The van der Waals surface area contributed by atoms with Crippen molar-refractivity contribution in [3.05, 3.63) is 240 Å². The average Bonchev–Trinajstić information content (AvgIpc) is 3.72. The number of hydrogen-bond donors (Lipinski definition) is 1. The molecule has 0 aliphatic carbocycles. The Morgan fingerprint density at radius 3 is 1.80 bits per heavy atom. The second-order valence-corrected chi connectivity index (χ2v) is 15.2. The number of para-hydroxylation sites is 1. The molecule has 0 fully saturated rings. The van der Waals surface area contributed by atoms with Gasteiger partial charge in [-0.15, -0.1) is 0 Å². The van der Waals surface area contributed by atoms with Gasteiger partial charge in [-0.1, -0.05) is 170 Å². The molecule has 2 atom stereocenters. The molecule has 9 aromatic carbocycles. The van der Waals surface area contributed by atoms with Gasteiger partial charge in [0, 0.05) is 38.8 Å². The highest BCUT2D eigenvalue weighted by molar-refractivity contribution is 6.18. The fourth-order valence-corrected chi connectivity index (χ4v) is 8.52. The molecule has 0 bridgehead atoms. The summed E-state index contributed by atoms with van der Waals surface area (Å²) in [5.41, 5.74) is 12.5. The predicted octanol–water partition coefficient (Wildman–Crippen LogP) is 14.7. The molecule has 1 N–H and O–H groups in total. The van der Waals surface area contributed by atoms with Gasteiger partial charge in [0.2, 0.25) is 0 Å². The summed E-state index contributed by atoms with van der Waals surface area (Å²) < 4.78 is 6.88. The Balaban J connectivity index is 1.07. The number of amidine groups is 1. The van der Waals surface area contributed by atoms with Gasteiger partial charge in [0.15, 0.2) is 0 Å². The van der Waals surface area contributed by atoms with Crippen LogP contribution >= 0.6 is 0 Å². The molecule has 10 aromatic rings. The average molecular weight is 772 g/mol. The Morgan fingerprint density at radius 1 is 0.467 bits per heavy atom. The lowest BCUT2D eigenvalue weighted by Crippen LogP contribution is -2.34. The van der Waals surface area contributed by atoms with Crippen molar-refractivity contribution in [2.24, 2.45) is 4.99 Å². The molecule has 1 aromatic heterocycles. The predicted molar refractivity (Wildman–Crippen MR) is 248 cm³/mol. The number of nitrogens with one attached hydrogen (secondary N) is 1. The third kappa shape index (κ3) is 6.57. The zero-order valence-electron chi connectivity index (χ0n) is 32.7. The molecule has 1 aliphatic heterocycles. The van der Waals surface area contributed by atoms with Crippen molar-refractivity contribution in [1.82, 2.24) is 5.32 Å². The summed E-state index contributed by atoms with van der Waals surface area (Å²) in [7, 11) is 0. The number of nitrogens with zero attached hydrogens (tertiary/aromatic N) is 3. The minimum Gasteiger partial charge on any atom is -0.613 e. The summed E-state index contributed by atoms with van der Waals surface area (Å²) >= 11 is 0. The van der Waals surface area contributed by atoms with Gasteiger partial charge in [-0.3, -0.25) is 4.99 Å². The SMILES string of the molecule is c1ccc(-c2ccc(N(c3ccccc3)c3ccc4oc5c6ccccc6cc(C6[N-]C(c7ccccc7)N=C(c7cccc(-c8ccccc8)c7)N6)c5c4c3)cc2)cc1. The van der Waals surface area contributed by atoms with Crippen molar-refractivity contribution in [1.29, 1.82) is 0 Å². The Morgan fingerprint density at radius 2 is 1.05 bits per heavy atom. The Labute approximate surface area is 348 Å². The molecule has 5 nitrogen and oxygen atoms in total. The number of rotatable bonds is 8. The molecule has 2 heterocycles. The van der Waals surface area contributed by atoms with Crippen LogP contribution in [0.1, 0.15) is 29.0 Å². The lowest BCUT2D eigenvalue weighted by Gasteiger charge is -2.44. The van der Waals surface area contributed by atoms with Crippen LogP contribution in [0.3, 0.4) is 0 Å². The van der Waals surface area contributed by atoms with Crippen molar-refractivity contribution in [3.8, 4) is 22.3 Å². The molecular formula is C55H39N4O-. The highest BCUT2D eigenvalue weighted by Gasteiger charge is 2.24. The normalized spacial score (nSPS) is 15.2. The van der Waals surface area contributed by atoms with Crippen molar-refractivity contribution in [2.75, 3.05) is 4.90 Å². The number of furan rings is 1. The van der Waals surface area contributed by atoms with Crippen LogP contribution in [0, 0.1) is 0 Å². The van der Waals surface area contributed by atoms with Crippen LogP contribution in [0.2, 0.25) is 0 Å². The topological polar surface area (TPSA) is 54.9 Å². The standard InChI is InChI=1S/C55H39N4O/c1-5-16-37(17-6-1)39-28-30-45(31-29-39)59(44-25-11-4-12-26-44)46-32-33-50-48(36-46)51-49(35-42-22-13-14-27-47(42)52(51)60-50)55-57-53(40-20-9-3-10-21-40)56-54(58-55)43-24-15-23-41(34-43)38-18-7-2-8-19-38/h1-36,53,55H,(H,56,58)/q-1. The van der Waals surface area contributed by atoms with E-state index in [4.69, 9.17) is 14.7 Å². The number of aliphatic imine (C=N–C) groups is 1. The van der Waals surface area contributed by atoms with Crippen molar-refractivity contribution in [3.63, 3.8) is 0 Å². The van der Waals surface area contributed by atoms with E-state index in [1.165, 1.54) is 11.1 Å². The molecule has 2 unspecified atom stereocenters. The summed E-state index contributed by atoms with van der Waals surface area (Å²) in [4.78, 5) is 7.58. The first-order valence-corrected chi connectivity index (χ1v) is 20.4. The highest BCUT2D eigenvalue weighted by atomic mass is 16.3. The fraction of sp³-hybridized carbons (Fsp3) is 0.0364. The first-order chi connectivity index (χ1) is 29.7. The molecule has 0 saturated heterocycles. The quantitative estimate of drug-likeness (QED) is 0.167. The summed E-state index contributed by atoms with van der Waals surface area (Å²) in [5, 5.41) is 13.5. The molecule has 0 saturated carbocycles. The largest absolute Gasteiger partial charge is 0.613 e. The van der Waals surface area contributed by atoms with Crippen molar-refractivity contribution in [2.45, 2.75) is 12.3 Å². The first kappa shape index (κ1) is 35.4. The van der Waals surface area contributed by atoms with Crippen LogP contribution in [0.25, 0.3) is 60.3 Å². The molecule has 0 radical (unpaired) electrons. The minimum absolute atomic E-state index is 0.421. The number of fused-ring (bicyclic) bond motifs is 5. The van der Waals surface area contributed by atoms with Gasteiger partial charge in [-0.2, -0.15) is 0 Å². The van der Waals surface area contributed by atoms with E-state index in [-0.39, 0.29) is 0 Å². The van der Waals surface area contributed by atoms with E-state index in [1.807, 2.05) is 12.1 Å². The third-order valence-electron chi connectivity index (χ3n) is 11.4. The van der Waals surface area contributed by atoms with Crippen LogP contribution in [0.4, 0.5) is 17.1 Å². The Bertz CT molecular complexity index is 3140. The third-order valence-corrected chi connectivity index (χ3v) is 11.4. The fourth-order valence-electron chi connectivity index (χ4n) is 8.52. The van der Waals surface area contributed by atoms with Gasteiger partial charge < -0.3 is 20.0 Å². The van der Waals surface area contributed by atoms with Gasteiger partial charge in [0.25, 0.3) is 0 Å². The maximum atomic E-state index is 6.88. The highest BCUT2D eigenvalue weighted by Crippen LogP contribution is 2.46. The van der Waals surface area contributed by atoms with Gasteiger partial charge in [0.1, 0.15) is 17.0 Å². The smallest absolute Gasteiger partial charge is 0.143 e. The zero-order valence-corrected chi connectivity index (χ0v) is 32.7. The number of benzene rings is 9. The van der Waals surface area contributed by atoms with Crippen LogP contribution in [-0.2, 0) is 0 Å².